The van der Waals surface area contributed by atoms with Crippen molar-refractivity contribution in [2.75, 3.05) is 4.90 Å². The van der Waals surface area contributed by atoms with Crippen LogP contribution in [0.15, 0.2) is 193 Å². The summed E-state index contributed by atoms with van der Waals surface area (Å²) in [5.74, 6) is 0. The molecule has 1 heterocycles. The third-order valence-electron chi connectivity index (χ3n) is 12.0. The smallest absolute Gasteiger partial charge is 0.135 e. The normalized spacial score (nSPS) is 13.2. The van der Waals surface area contributed by atoms with Crippen molar-refractivity contribution in [3.63, 3.8) is 0 Å². The van der Waals surface area contributed by atoms with Crippen LogP contribution in [0.2, 0.25) is 0 Å². The monoisotopic (exact) mass is 715 g/mol. The molecule has 0 bridgehead atoms. The highest BCUT2D eigenvalue weighted by Crippen LogP contribution is 2.64. The summed E-state index contributed by atoms with van der Waals surface area (Å²) in [6.45, 7) is 6.33. The highest BCUT2D eigenvalue weighted by atomic mass is 16.3. The van der Waals surface area contributed by atoms with E-state index in [1.807, 2.05) is 18.2 Å². The molecule has 2 aliphatic rings. The van der Waals surface area contributed by atoms with Gasteiger partial charge in [-0.1, -0.05) is 152 Å². The molecule has 0 unspecified atom stereocenters. The Bertz CT molecular complexity index is 3010. The molecular weight excluding hydrogens is 679 g/mol. The van der Waals surface area contributed by atoms with Gasteiger partial charge in [0.2, 0.25) is 0 Å². The molecule has 0 aliphatic heterocycles. The Kier molecular flexibility index (Phi) is 7.17. The van der Waals surface area contributed by atoms with Gasteiger partial charge in [0, 0.05) is 27.8 Å². The molecule has 0 atom stereocenters. The fourth-order valence-corrected chi connectivity index (χ4v) is 9.66. The molecule has 0 N–H and O–H groups in total. The second-order valence-electron chi connectivity index (χ2n) is 14.8. The van der Waals surface area contributed by atoms with Gasteiger partial charge in [0.1, 0.15) is 11.2 Å². The van der Waals surface area contributed by atoms with E-state index in [0.29, 0.717) is 0 Å². The van der Waals surface area contributed by atoms with Crippen LogP contribution in [0, 0.1) is 0 Å². The summed E-state index contributed by atoms with van der Waals surface area (Å²) in [4.78, 5) is 2.40. The fourth-order valence-electron chi connectivity index (χ4n) is 9.66. The molecule has 0 fully saturated rings. The SMILES string of the molecule is C=Cc1ccc2c(c1/C=C\C)-c1ccc(N(c3ccc(-c4ccccc4)cc3)c3ccc4oc5ccccc5c4c3)cc1C21c2ccccc2-c2ccccc21. The molecule has 56 heavy (non-hydrogen) atoms. The summed E-state index contributed by atoms with van der Waals surface area (Å²) < 4.78 is 6.31. The van der Waals surface area contributed by atoms with Crippen molar-refractivity contribution in [3.05, 3.63) is 222 Å². The standard InChI is InChI=1S/C54H37NO/c1-3-14-41-35(4-2)25-31-49-53(41)45-30-28-40(34-50(45)54(49)47-20-11-8-17-42(47)43-18-9-12-21-48(43)54)55(38-26-23-37(24-27-38)36-15-6-5-7-16-36)39-29-32-52-46(33-39)44-19-10-13-22-51(44)56-52/h3-34H,2H2,1H3/b14-3-. The summed E-state index contributed by atoms with van der Waals surface area (Å²) in [5, 5.41) is 2.21. The van der Waals surface area contributed by atoms with Crippen LogP contribution in [-0.4, -0.2) is 0 Å². The van der Waals surface area contributed by atoms with Gasteiger partial charge in [-0.25, -0.2) is 0 Å². The topological polar surface area (TPSA) is 16.4 Å². The van der Waals surface area contributed by atoms with Gasteiger partial charge >= 0.3 is 0 Å². The van der Waals surface area contributed by atoms with Crippen LogP contribution in [-0.2, 0) is 5.41 Å². The average Bonchev–Trinajstić information content (AvgIpc) is 3.88. The molecule has 8 aromatic carbocycles. The van der Waals surface area contributed by atoms with E-state index in [2.05, 4.69) is 194 Å². The predicted octanol–water partition coefficient (Wildman–Crippen LogP) is 14.7. The molecule has 1 aromatic heterocycles. The molecule has 2 nitrogen and oxygen atoms in total. The first-order chi connectivity index (χ1) is 27.7. The number of hydrogen-bond donors (Lipinski definition) is 0. The van der Waals surface area contributed by atoms with Gasteiger partial charge in [0.15, 0.2) is 0 Å². The Morgan fingerprint density at radius 1 is 0.500 bits per heavy atom. The largest absolute Gasteiger partial charge is 0.456 e. The molecule has 264 valence electrons. The minimum Gasteiger partial charge on any atom is -0.456 e. The van der Waals surface area contributed by atoms with Gasteiger partial charge in [-0.15, -0.1) is 0 Å². The van der Waals surface area contributed by atoms with Crippen molar-refractivity contribution in [1.29, 1.82) is 0 Å². The second kappa shape index (κ2) is 12.4. The van der Waals surface area contributed by atoms with Crippen LogP contribution in [0.4, 0.5) is 17.1 Å². The quantitative estimate of drug-likeness (QED) is 0.170. The van der Waals surface area contributed by atoms with E-state index in [1.54, 1.807) is 0 Å². The lowest BCUT2D eigenvalue weighted by Gasteiger charge is -2.32. The first-order valence-corrected chi connectivity index (χ1v) is 19.3. The van der Waals surface area contributed by atoms with Crippen LogP contribution < -0.4 is 4.90 Å². The Morgan fingerprint density at radius 3 is 1.88 bits per heavy atom. The molecule has 11 rings (SSSR count). The van der Waals surface area contributed by atoms with Gasteiger partial charge < -0.3 is 9.32 Å². The predicted molar refractivity (Wildman–Crippen MR) is 235 cm³/mol. The molecule has 1 spiro atoms. The lowest BCUT2D eigenvalue weighted by Crippen LogP contribution is -2.26. The first kappa shape index (κ1) is 32.3. The van der Waals surface area contributed by atoms with Crippen molar-refractivity contribution in [1.82, 2.24) is 0 Å². The van der Waals surface area contributed by atoms with Crippen LogP contribution in [0.25, 0.3) is 67.5 Å². The van der Waals surface area contributed by atoms with Gasteiger partial charge in [-0.05, 0) is 122 Å². The average molecular weight is 716 g/mol. The molecule has 0 radical (unpaired) electrons. The molecule has 9 aromatic rings. The van der Waals surface area contributed by atoms with Crippen molar-refractivity contribution >= 4 is 51.2 Å². The number of anilines is 3. The Balaban J connectivity index is 1.20. The number of allylic oxidation sites excluding steroid dienone is 1. The lowest BCUT2D eigenvalue weighted by molar-refractivity contribution is 0.669. The van der Waals surface area contributed by atoms with Crippen LogP contribution in [0.5, 0.6) is 0 Å². The highest BCUT2D eigenvalue weighted by Gasteiger charge is 2.52. The van der Waals surface area contributed by atoms with Crippen molar-refractivity contribution in [3.8, 4) is 33.4 Å². The number of fused-ring (bicyclic) bond motifs is 13. The number of benzene rings is 8. The van der Waals surface area contributed by atoms with E-state index in [4.69, 9.17) is 4.42 Å². The van der Waals surface area contributed by atoms with Gasteiger partial charge in [0.25, 0.3) is 0 Å². The van der Waals surface area contributed by atoms with Crippen molar-refractivity contribution < 1.29 is 4.42 Å². The summed E-state index contributed by atoms with van der Waals surface area (Å²) in [5.41, 5.74) is 19.6. The number of para-hydroxylation sites is 1. The maximum Gasteiger partial charge on any atom is 0.135 e. The highest BCUT2D eigenvalue weighted by molar-refractivity contribution is 6.07. The molecular formula is C54H37NO. The van der Waals surface area contributed by atoms with E-state index >= 15 is 0 Å². The summed E-state index contributed by atoms with van der Waals surface area (Å²) in [7, 11) is 0. The van der Waals surface area contributed by atoms with Gasteiger partial charge in [-0.2, -0.15) is 0 Å². The summed E-state index contributed by atoms with van der Waals surface area (Å²) in [6, 6.07) is 64.2. The Labute approximate surface area is 326 Å². The third kappa shape index (κ3) is 4.50. The molecule has 0 saturated carbocycles. The summed E-state index contributed by atoms with van der Waals surface area (Å²) >= 11 is 0. The molecule has 0 saturated heterocycles. The maximum atomic E-state index is 6.31. The van der Waals surface area contributed by atoms with Crippen LogP contribution >= 0.6 is 0 Å². The Morgan fingerprint density at radius 2 is 1.12 bits per heavy atom. The van der Waals surface area contributed by atoms with E-state index in [9.17, 15) is 0 Å². The number of rotatable bonds is 6. The second-order valence-corrected chi connectivity index (χ2v) is 14.8. The molecule has 2 heteroatoms. The minimum absolute atomic E-state index is 0.503. The van der Waals surface area contributed by atoms with Crippen molar-refractivity contribution in [2.24, 2.45) is 0 Å². The van der Waals surface area contributed by atoms with E-state index < -0.39 is 5.41 Å². The first-order valence-electron chi connectivity index (χ1n) is 19.3. The van der Waals surface area contributed by atoms with E-state index in [-0.39, 0.29) is 0 Å². The van der Waals surface area contributed by atoms with E-state index in [0.717, 1.165) is 44.6 Å². The zero-order valence-corrected chi connectivity index (χ0v) is 31.0. The van der Waals surface area contributed by atoms with Crippen LogP contribution in [0.3, 0.4) is 0 Å². The lowest BCUT2D eigenvalue weighted by atomic mass is 9.70. The van der Waals surface area contributed by atoms with Crippen molar-refractivity contribution in [2.45, 2.75) is 12.3 Å². The number of furan rings is 1. The number of hydrogen-bond acceptors (Lipinski definition) is 2. The summed E-state index contributed by atoms with van der Waals surface area (Å²) in [6.07, 6.45) is 6.39. The third-order valence-corrected chi connectivity index (χ3v) is 12.0. The van der Waals surface area contributed by atoms with E-state index in [1.165, 1.54) is 61.2 Å². The van der Waals surface area contributed by atoms with Gasteiger partial charge in [0.05, 0.1) is 5.41 Å². The van der Waals surface area contributed by atoms with Crippen LogP contribution in [0.1, 0.15) is 40.3 Å². The number of nitrogens with zero attached hydrogens (tertiary/aromatic N) is 1. The minimum atomic E-state index is -0.503. The zero-order chi connectivity index (χ0) is 37.4. The fraction of sp³-hybridized carbons (Fsp3) is 0.0370. The Hall–Kier alpha value is -7.16. The molecule has 0 amide bonds. The zero-order valence-electron chi connectivity index (χ0n) is 31.0. The van der Waals surface area contributed by atoms with Gasteiger partial charge in [-0.3, -0.25) is 0 Å². The molecule has 2 aliphatic carbocycles. The maximum absolute atomic E-state index is 6.31.